The summed E-state index contributed by atoms with van der Waals surface area (Å²) in [6.07, 6.45) is 0. The van der Waals surface area contributed by atoms with Crippen LogP contribution in [0.5, 0.6) is 0 Å². The first-order valence-electron chi connectivity index (χ1n) is 5.26. The summed E-state index contributed by atoms with van der Waals surface area (Å²) < 4.78 is 0. The van der Waals surface area contributed by atoms with Gasteiger partial charge in [0, 0.05) is 16.1 Å². The zero-order valence-electron chi connectivity index (χ0n) is 9.35. The van der Waals surface area contributed by atoms with E-state index >= 15 is 0 Å². The molecule has 18 heavy (non-hydrogen) atoms. The Morgan fingerprint density at radius 3 is 1.78 bits per heavy atom. The van der Waals surface area contributed by atoms with E-state index in [0.717, 1.165) is 11.1 Å². The van der Waals surface area contributed by atoms with Crippen molar-refractivity contribution in [3.63, 3.8) is 0 Å². The zero-order chi connectivity index (χ0) is 13.0. The average Bonchev–Trinajstić information content (AvgIpc) is 2.38. The minimum Gasteiger partial charge on any atom is -0.478 e. The number of benzene rings is 2. The van der Waals surface area contributed by atoms with Crippen molar-refractivity contribution in [1.29, 1.82) is 0 Å². The molecule has 0 aliphatic carbocycles. The van der Waals surface area contributed by atoms with E-state index in [1.165, 1.54) is 12.1 Å². The van der Waals surface area contributed by atoms with E-state index in [4.69, 9.17) is 16.7 Å². The number of hydrogen-bond donors (Lipinski definition) is 1. The Kier molecular flexibility index (Phi) is 3.66. The van der Waals surface area contributed by atoms with Gasteiger partial charge < -0.3 is 5.11 Å². The van der Waals surface area contributed by atoms with E-state index in [2.05, 4.69) is 11.8 Å². The van der Waals surface area contributed by atoms with E-state index < -0.39 is 5.97 Å². The summed E-state index contributed by atoms with van der Waals surface area (Å²) in [7, 11) is 0. The highest BCUT2D eigenvalue weighted by Crippen LogP contribution is 2.09. The standard InChI is InChI=1S/C15H9ClO2/c16-14-9-5-12(6-10-14)2-1-11-3-7-13(8-4-11)15(17)18/h3-10H,(H,17,18). The summed E-state index contributed by atoms with van der Waals surface area (Å²) in [4.78, 5) is 10.7. The normalized spacial score (nSPS) is 9.39. The van der Waals surface area contributed by atoms with Gasteiger partial charge in [-0.3, -0.25) is 0 Å². The number of carboxylic acids is 1. The van der Waals surface area contributed by atoms with Crippen LogP contribution in [0.1, 0.15) is 21.5 Å². The summed E-state index contributed by atoms with van der Waals surface area (Å²) in [5.74, 6) is 5.00. The smallest absolute Gasteiger partial charge is 0.335 e. The third-order valence-electron chi connectivity index (χ3n) is 2.33. The maximum atomic E-state index is 10.7. The van der Waals surface area contributed by atoms with E-state index in [9.17, 15) is 4.79 Å². The Bertz CT molecular complexity index is 616. The quantitative estimate of drug-likeness (QED) is 0.794. The van der Waals surface area contributed by atoms with Crippen molar-refractivity contribution in [3.8, 4) is 11.8 Å². The summed E-state index contributed by atoms with van der Waals surface area (Å²) in [5, 5.41) is 9.43. The maximum Gasteiger partial charge on any atom is 0.335 e. The monoisotopic (exact) mass is 256 g/mol. The molecular weight excluding hydrogens is 248 g/mol. The fraction of sp³-hybridized carbons (Fsp3) is 0. The molecule has 0 atom stereocenters. The van der Waals surface area contributed by atoms with Gasteiger partial charge >= 0.3 is 5.97 Å². The molecule has 0 bridgehead atoms. The third kappa shape index (κ3) is 3.13. The molecule has 0 saturated carbocycles. The first-order valence-corrected chi connectivity index (χ1v) is 5.64. The van der Waals surface area contributed by atoms with Gasteiger partial charge in [0.05, 0.1) is 5.56 Å². The van der Waals surface area contributed by atoms with Crippen LogP contribution in [-0.4, -0.2) is 11.1 Å². The van der Waals surface area contributed by atoms with Crippen LogP contribution in [0.3, 0.4) is 0 Å². The highest BCUT2D eigenvalue weighted by atomic mass is 35.5. The van der Waals surface area contributed by atoms with Crippen LogP contribution in [0, 0.1) is 11.8 Å². The Morgan fingerprint density at radius 1 is 0.889 bits per heavy atom. The summed E-state index contributed by atoms with van der Waals surface area (Å²) in [5.41, 5.74) is 1.89. The predicted molar refractivity (Wildman–Crippen MR) is 70.8 cm³/mol. The summed E-state index contributed by atoms with van der Waals surface area (Å²) in [6.45, 7) is 0. The van der Waals surface area contributed by atoms with Gasteiger partial charge in [-0.25, -0.2) is 4.79 Å². The van der Waals surface area contributed by atoms with Crippen molar-refractivity contribution >= 4 is 17.6 Å². The van der Waals surface area contributed by atoms with Gasteiger partial charge in [0.2, 0.25) is 0 Å². The largest absolute Gasteiger partial charge is 0.478 e. The van der Waals surface area contributed by atoms with Crippen LogP contribution in [0.4, 0.5) is 0 Å². The first kappa shape index (κ1) is 12.2. The second-order valence-electron chi connectivity index (χ2n) is 3.64. The van der Waals surface area contributed by atoms with Crippen molar-refractivity contribution in [2.75, 3.05) is 0 Å². The molecule has 2 nitrogen and oxygen atoms in total. The van der Waals surface area contributed by atoms with Gasteiger partial charge in [-0.15, -0.1) is 0 Å². The minimum atomic E-state index is -0.938. The van der Waals surface area contributed by atoms with Crippen LogP contribution in [0.25, 0.3) is 0 Å². The second kappa shape index (κ2) is 5.39. The molecule has 0 heterocycles. The average molecular weight is 257 g/mol. The van der Waals surface area contributed by atoms with Gasteiger partial charge in [0.25, 0.3) is 0 Å². The molecule has 1 N–H and O–H groups in total. The molecule has 88 valence electrons. The van der Waals surface area contributed by atoms with Gasteiger partial charge in [-0.1, -0.05) is 23.4 Å². The fourth-order valence-electron chi connectivity index (χ4n) is 1.37. The van der Waals surface area contributed by atoms with E-state index in [0.29, 0.717) is 5.02 Å². The molecule has 0 spiro atoms. The fourth-order valence-corrected chi connectivity index (χ4v) is 1.50. The van der Waals surface area contributed by atoms with Crippen molar-refractivity contribution in [3.05, 3.63) is 70.2 Å². The molecule has 0 saturated heterocycles. The van der Waals surface area contributed by atoms with Gasteiger partial charge in [-0.2, -0.15) is 0 Å². The Hall–Kier alpha value is -2.24. The number of carboxylic acid groups (broad SMARTS) is 1. The molecule has 3 heteroatoms. The lowest BCUT2D eigenvalue weighted by atomic mass is 10.1. The summed E-state index contributed by atoms with van der Waals surface area (Å²) in [6, 6.07) is 13.7. The van der Waals surface area contributed by atoms with Crippen molar-refractivity contribution in [2.24, 2.45) is 0 Å². The topological polar surface area (TPSA) is 37.3 Å². The van der Waals surface area contributed by atoms with Crippen LogP contribution in [0.15, 0.2) is 48.5 Å². The minimum absolute atomic E-state index is 0.257. The van der Waals surface area contributed by atoms with Crippen molar-refractivity contribution in [2.45, 2.75) is 0 Å². The number of carbonyl (C=O) groups is 1. The Morgan fingerprint density at radius 2 is 1.33 bits per heavy atom. The lowest BCUT2D eigenvalue weighted by Gasteiger charge is -1.94. The van der Waals surface area contributed by atoms with Crippen LogP contribution < -0.4 is 0 Å². The number of halogens is 1. The van der Waals surface area contributed by atoms with Gasteiger partial charge in [0.1, 0.15) is 0 Å². The number of hydrogen-bond acceptors (Lipinski definition) is 1. The highest BCUT2D eigenvalue weighted by Gasteiger charge is 1.99. The number of rotatable bonds is 1. The summed E-state index contributed by atoms with van der Waals surface area (Å²) >= 11 is 5.77. The van der Waals surface area contributed by atoms with E-state index in [1.807, 2.05) is 12.1 Å². The van der Waals surface area contributed by atoms with E-state index in [1.54, 1.807) is 24.3 Å². The lowest BCUT2D eigenvalue weighted by molar-refractivity contribution is 0.0697. The molecule has 0 radical (unpaired) electrons. The third-order valence-corrected chi connectivity index (χ3v) is 2.58. The molecule has 0 aromatic heterocycles. The Labute approximate surface area is 110 Å². The first-order chi connectivity index (χ1) is 8.65. The molecule has 0 aliphatic rings. The molecular formula is C15H9ClO2. The van der Waals surface area contributed by atoms with Crippen molar-refractivity contribution in [1.82, 2.24) is 0 Å². The molecule has 0 aliphatic heterocycles. The molecule has 0 amide bonds. The number of aromatic carboxylic acids is 1. The molecule has 2 rings (SSSR count). The molecule has 0 fully saturated rings. The Balaban J connectivity index is 2.19. The lowest BCUT2D eigenvalue weighted by Crippen LogP contribution is -1.94. The van der Waals surface area contributed by atoms with Crippen molar-refractivity contribution < 1.29 is 9.90 Å². The second-order valence-corrected chi connectivity index (χ2v) is 4.08. The maximum absolute atomic E-state index is 10.7. The predicted octanol–water partition coefficient (Wildman–Crippen LogP) is 3.44. The van der Waals surface area contributed by atoms with Crippen LogP contribution >= 0.6 is 11.6 Å². The van der Waals surface area contributed by atoms with Gasteiger partial charge in [0.15, 0.2) is 0 Å². The molecule has 0 unspecified atom stereocenters. The molecule has 2 aromatic carbocycles. The van der Waals surface area contributed by atoms with Crippen LogP contribution in [-0.2, 0) is 0 Å². The zero-order valence-corrected chi connectivity index (χ0v) is 10.1. The van der Waals surface area contributed by atoms with Crippen LogP contribution in [0.2, 0.25) is 5.02 Å². The van der Waals surface area contributed by atoms with E-state index in [-0.39, 0.29) is 5.56 Å². The molecule has 2 aromatic rings. The van der Waals surface area contributed by atoms with Gasteiger partial charge in [-0.05, 0) is 48.5 Å². The SMILES string of the molecule is O=C(O)c1ccc(C#Cc2ccc(Cl)cc2)cc1. The highest BCUT2D eigenvalue weighted by molar-refractivity contribution is 6.30.